The Morgan fingerprint density at radius 2 is 1.60 bits per heavy atom. The number of hydrogen-bond acceptors (Lipinski definition) is 3. The van der Waals surface area contributed by atoms with E-state index < -0.39 is 6.04 Å². The highest BCUT2D eigenvalue weighted by Gasteiger charge is 2.26. The van der Waals surface area contributed by atoms with Crippen molar-refractivity contribution in [2.75, 3.05) is 6.54 Å². The van der Waals surface area contributed by atoms with E-state index in [0.717, 1.165) is 16.8 Å². The van der Waals surface area contributed by atoms with Crippen LogP contribution in [-0.4, -0.2) is 26.9 Å². The van der Waals surface area contributed by atoms with Gasteiger partial charge in [0.2, 0.25) is 5.91 Å². The Balaban J connectivity index is 1.85. The molecule has 1 aromatic heterocycles. The smallest absolute Gasteiger partial charge is 0.266 e. The van der Waals surface area contributed by atoms with E-state index in [4.69, 9.17) is 4.98 Å². The molecule has 5 heteroatoms. The Hall–Kier alpha value is -3.99. The van der Waals surface area contributed by atoms with Crippen molar-refractivity contribution in [1.29, 1.82) is 0 Å². The molecule has 0 spiro atoms. The van der Waals surface area contributed by atoms with Crippen molar-refractivity contribution < 1.29 is 4.79 Å². The lowest BCUT2D eigenvalue weighted by atomic mass is 10.1. The molecule has 4 aromatic rings. The van der Waals surface area contributed by atoms with E-state index in [1.807, 2.05) is 92.7 Å². The molecule has 0 N–H and O–H groups in total. The molecule has 178 valence electrons. The molecule has 0 aliphatic carbocycles. The molecule has 0 saturated heterocycles. The van der Waals surface area contributed by atoms with E-state index in [2.05, 4.69) is 13.8 Å². The lowest BCUT2D eigenvalue weighted by Crippen LogP contribution is -2.38. The van der Waals surface area contributed by atoms with Crippen LogP contribution in [0.25, 0.3) is 22.7 Å². The largest absolute Gasteiger partial charge is 0.329 e. The zero-order valence-corrected chi connectivity index (χ0v) is 20.7. The number of aromatic nitrogens is 2. The quantitative estimate of drug-likeness (QED) is 0.317. The summed E-state index contributed by atoms with van der Waals surface area (Å²) in [6, 6.07) is 24.5. The van der Waals surface area contributed by atoms with Crippen LogP contribution >= 0.6 is 0 Å². The Morgan fingerprint density at radius 1 is 0.943 bits per heavy atom. The van der Waals surface area contributed by atoms with E-state index in [1.54, 1.807) is 21.6 Å². The minimum atomic E-state index is -0.428. The normalized spacial score (nSPS) is 12.4. The number of carbonyl (C=O) groups is 1. The van der Waals surface area contributed by atoms with Gasteiger partial charge in [-0.3, -0.25) is 14.2 Å². The molecule has 0 bridgehead atoms. The van der Waals surface area contributed by atoms with Gasteiger partial charge < -0.3 is 4.90 Å². The standard InChI is InChI=1S/C30H31N3O2/c1-21(2)20-32(28(34)19-18-24-13-6-5-7-14-24)23(4)29-31-26-16-10-9-15-25(26)30(35)33(29)27-17-11-8-12-22(27)3/h5-19,21,23H,20H2,1-4H3/b19-18+. The molecule has 1 atom stereocenters. The summed E-state index contributed by atoms with van der Waals surface area (Å²) in [5.74, 6) is 0.671. The third-order valence-corrected chi connectivity index (χ3v) is 6.06. The first-order valence-corrected chi connectivity index (χ1v) is 12.0. The summed E-state index contributed by atoms with van der Waals surface area (Å²) in [7, 11) is 0. The number of para-hydroxylation sites is 2. The van der Waals surface area contributed by atoms with Crippen LogP contribution in [0, 0.1) is 12.8 Å². The van der Waals surface area contributed by atoms with Crippen LogP contribution in [0.2, 0.25) is 0 Å². The number of amides is 1. The highest BCUT2D eigenvalue weighted by molar-refractivity contribution is 5.92. The number of rotatable bonds is 7. The Morgan fingerprint density at radius 3 is 2.31 bits per heavy atom. The fourth-order valence-electron chi connectivity index (χ4n) is 4.28. The second kappa shape index (κ2) is 10.5. The van der Waals surface area contributed by atoms with Crippen LogP contribution in [0.1, 0.15) is 43.8 Å². The molecular weight excluding hydrogens is 434 g/mol. The molecule has 3 aromatic carbocycles. The summed E-state index contributed by atoms with van der Waals surface area (Å²) >= 11 is 0. The SMILES string of the molecule is Cc1ccccc1-n1c(C(C)N(CC(C)C)C(=O)/C=C/c2ccccc2)nc2ccccc2c1=O. The predicted molar refractivity (Wildman–Crippen MR) is 143 cm³/mol. The van der Waals surface area contributed by atoms with Crippen LogP contribution in [-0.2, 0) is 4.79 Å². The molecule has 4 rings (SSSR count). The van der Waals surface area contributed by atoms with Crippen molar-refractivity contribution in [2.24, 2.45) is 5.92 Å². The van der Waals surface area contributed by atoms with Gasteiger partial charge in [-0.2, -0.15) is 0 Å². The van der Waals surface area contributed by atoms with Crippen molar-refractivity contribution in [3.05, 3.63) is 112 Å². The van der Waals surface area contributed by atoms with E-state index >= 15 is 0 Å². The number of nitrogens with zero attached hydrogens (tertiary/aromatic N) is 3. The Labute approximate surface area is 206 Å². The van der Waals surface area contributed by atoms with Crippen molar-refractivity contribution >= 4 is 22.9 Å². The summed E-state index contributed by atoms with van der Waals surface area (Å²) in [5, 5.41) is 0.553. The van der Waals surface area contributed by atoms with Gasteiger partial charge in [-0.25, -0.2) is 4.98 Å². The first-order chi connectivity index (χ1) is 16.9. The molecule has 1 unspecified atom stereocenters. The van der Waals surface area contributed by atoms with Crippen LogP contribution in [0.3, 0.4) is 0 Å². The maximum atomic E-state index is 13.7. The van der Waals surface area contributed by atoms with Gasteiger partial charge in [-0.05, 0) is 55.2 Å². The fourth-order valence-corrected chi connectivity index (χ4v) is 4.28. The topological polar surface area (TPSA) is 55.2 Å². The molecule has 5 nitrogen and oxygen atoms in total. The zero-order valence-electron chi connectivity index (χ0n) is 20.7. The maximum absolute atomic E-state index is 13.7. The molecular formula is C30H31N3O2. The molecule has 0 aliphatic heterocycles. The molecule has 1 heterocycles. The summed E-state index contributed by atoms with van der Waals surface area (Å²) in [6.07, 6.45) is 3.43. The Kier molecular flexibility index (Phi) is 7.25. The van der Waals surface area contributed by atoms with Gasteiger partial charge in [0.05, 0.1) is 22.6 Å². The van der Waals surface area contributed by atoms with E-state index in [-0.39, 0.29) is 17.4 Å². The average Bonchev–Trinajstić information content (AvgIpc) is 2.86. The summed E-state index contributed by atoms with van der Waals surface area (Å²) in [6.45, 7) is 8.62. The lowest BCUT2D eigenvalue weighted by molar-refractivity contribution is -0.128. The van der Waals surface area contributed by atoms with Gasteiger partial charge in [0.25, 0.3) is 5.56 Å². The number of aryl methyl sites for hydroxylation is 1. The molecule has 0 fully saturated rings. The summed E-state index contributed by atoms with van der Waals surface area (Å²) < 4.78 is 1.67. The van der Waals surface area contributed by atoms with Crippen molar-refractivity contribution in [3.63, 3.8) is 0 Å². The highest BCUT2D eigenvalue weighted by Crippen LogP contribution is 2.25. The Bertz CT molecular complexity index is 1420. The van der Waals surface area contributed by atoms with Crippen LogP contribution < -0.4 is 5.56 Å². The van der Waals surface area contributed by atoms with Gasteiger partial charge >= 0.3 is 0 Å². The monoisotopic (exact) mass is 465 g/mol. The minimum absolute atomic E-state index is 0.117. The summed E-state index contributed by atoms with van der Waals surface area (Å²) in [4.78, 5) is 33.9. The van der Waals surface area contributed by atoms with Gasteiger partial charge in [0.1, 0.15) is 5.82 Å². The number of fused-ring (bicyclic) bond motifs is 1. The molecule has 0 aliphatic rings. The predicted octanol–water partition coefficient (Wildman–Crippen LogP) is 5.95. The van der Waals surface area contributed by atoms with E-state index in [0.29, 0.717) is 23.3 Å². The van der Waals surface area contributed by atoms with Crippen LogP contribution in [0.4, 0.5) is 0 Å². The van der Waals surface area contributed by atoms with Gasteiger partial charge in [-0.1, -0.05) is 74.5 Å². The number of hydrogen-bond donors (Lipinski definition) is 0. The second-order valence-corrected chi connectivity index (χ2v) is 9.22. The van der Waals surface area contributed by atoms with E-state index in [1.165, 1.54) is 0 Å². The fraction of sp³-hybridized carbons (Fsp3) is 0.233. The number of carbonyl (C=O) groups excluding carboxylic acids is 1. The first-order valence-electron chi connectivity index (χ1n) is 12.0. The second-order valence-electron chi connectivity index (χ2n) is 9.22. The van der Waals surface area contributed by atoms with E-state index in [9.17, 15) is 9.59 Å². The lowest BCUT2D eigenvalue weighted by Gasteiger charge is -2.31. The molecule has 0 radical (unpaired) electrons. The molecule has 1 amide bonds. The summed E-state index contributed by atoms with van der Waals surface area (Å²) in [5.41, 5.74) is 3.18. The van der Waals surface area contributed by atoms with Crippen molar-refractivity contribution in [1.82, 2.24) is 14.5 Å². The molecule has 0 saturated carbocycles. The minimum Gasteiger partial charge on any atom is -0.329 e. The molecule has 35 heavy (non-hydrogen) atoms. The highest BCUT2D eigenvalue weighted by atomic mass is 16.2. The average molecular weight is 466 g/mol. The van der Waals surface area contributed by atoms with Gasteiger partial charge in [-0.15, -0.1) is 0 Å². The van der Waals surface area contributed by atoms with Crippen molar-refractivity contribution in [2.45, 2.75) is 33.7 Å². The first kappa shape index (κ1) is 24.1. The third kappa shape index (κ3) is 5.24. The van der Waals surface area contributed by atoms with Crippen LogP contribution in [0.15, 0.2) is 89.7 Å². The third-order valence-electron chi connectivity index (χ3n) is 6.06. The number of benzene rings is 3. The van der Waals surface area contributed by atoms with Crippen molar-refractivity contribution in [3.8, 4) is 5.69 Å². The maximum Gasteiger partial charge on any atom is 0.266 e. The van der Waals surface area contributed by atoms with Crippen LogP contribution in [0.5, 0.6) is 0 Å². The van der Waals surface area contributed by atoms with Gasteiger partial charge in [0, 0.05) is 12.6 Å². The van der Waals surface area contributed by atoms with Gasteiger partial charge in [0.15, 0.2) is 0 Å². The zero-order chi connectivity index (χ0) is 24.9.